The van der Waals surface area contributed by atoms with E-state index in [4.69, 9.17) is 4.42 Å². The fourth-order valence-corrected chi connectivity index (χ4v) is 2.34. The van der Waals surface area contributed by atoms with Crippen LogP contribution in [0.15, 0.2) is 46.0 Å². The van der Waals surface area contributed by atoms with Gasteiger partial charge in [-0.2, -0.15) is 13.2 Å². The minimum absolute atomic E-state index is 0. The Bertz CT molecular complexity index is 722. The number of hydrogen-bond donors (Lipinski definition) is 2. The van der Waals surface area contributed by atoms with Gasteiger partial charge in [0, 0.05) is 25.2 Å². The highest BCUT2D eigenvalue weighted by atomic mass is 127. The molecule has 28 heavy (non-hydrogen) atoms. The standard InChI is InChI=1S/C18H24F3N5O.HI/c1-3-22-17(23-9-10-26(2)13-18(19,20)21)24-11-15-12-27-16(25-15)14-7-5-4-6-8-14;/h4-8,12H,3,9-11,13H2,1-2H3,(H2,22,23,24);1H. The number of nitrogens with zero attached hydrogens (tertiary/aromatic N) is 3. The fraction of sp³-hybridized carbons (Fsp3) is 0.444. The van der Waals surface area contributed by atoms with Crippen molar-refractivity contribution in [2.45, 2.75) is 19.6 Å². The van der Waals surface area contributed by atoms with E-state index in [0.29, 0.717) is 37.2 Å². The lowest BCUT2D eigenvalue weighted by Crippen LogP contribution is -2.42. The third-order valence-electron chi connectivity index (χ3n) is 3.55. The Morgan fingerprint density at radius 2 is 1.93 bits per heavy atom. The zero-order chi connectivity index (χ0) is 19.7. The van der Waals surface area contributed by atoms with E-state index in [2.05, 4.69) is 20.6 Å². The van der Waals surface area contributed by atoms with Gasteiger partial charge in [0.15, 0.2) is 5.96 Å². The molecule has 0 saturated heterocycles. The Morgan fingerprint density at radius 3 is 2.57 bits per heavy atom. The van der Waals surface area contributed by atoms with Gasteiger partial charge in [-0.05, 0) is 26.1 Å². The number of nitrogens with one attached hydrogen (secondary N) is 2. The molecule has 0 amide bonds. The van der Waals surface area contributed by atoms with Crippen molar-refractivity contribution in [2.24, 2.45) is 4.99 Å². The van der Waals surface area contributed by atoms with E-state index < -0.39 is 12.7 Å². The second-order valence-electron chi connectivity index (χ2n) is 5.98. The molecule has 1 aromatic carbocycles. The maximum absolute atomic E-state index is 12.3. The van der Waals surface area contributed by atoms with Crippen molar-refractivity contribution in [1.82, 2.24) is 20.5 Å². The van der Waals surface area contributed by atoms with Crippen LogP contribution in [-0.2, 0) is 6.54 Å². The van der Waals surface area contributed by atoms with Crippen molar-refractivity contribution in [3.63, 3.8) is 0 Å². The number of halogens is 4. The minimum Gasteiger partial charge on any atom is -0.444 e. The monoisotopic (exact) mass is 511 g/mol. The second kappa shape index (κ2) is 11.9. The van der Waals surface area contributed by atoms with Gasteiger partial charge in [-0.1, -0.05) is 18.2 Å². The van der Waals surface area contributed by atoms with Crippen molar-refractivity contribution in [2.75, 3.05) is 33.2 Å². The van der Waals surface area contributed by atoms with Crippen molar-refractivity contribution in [3.05, 3.63) is 42.3 Å². The highest BCUT2D eigenvalue weighted by Gasteiger charge is 2.28. The average Bonchev–Trinajstić information content (AvgIpc) is 3.08. The molecule has 0 aliphatic rings. The van der Waals surface area contributed by atoms with E-state index in [-0.39, 0.29) is 30.5 Å². The highest BCUT2D eigenvalue weighted by molar-refractivity contribution is 14.0. The molecule has 1 aromatic heterocycles. The SMILES string of the molecule is CCNC(=NCc1coc(-c2ccccc2)n1)NCCN(C)CC(F)(F)F.I. The minimum atomic E-state index is -4.20. The largest absolute Gasteiger partial charge is 0.444 e. The van der Waals surface area contributed by atoms with Crippen LogP contribution < -0.4 is 10.6 Å². The van der Waals surface area contributed by atoms with Crippen LogP contribution in [0.3, 0.4) is 0 Å². The van der Waals surface area contributed by atoms with Gasteiger partial charge >= 0.3 is 6.18 Å². The molecule has 0 fully saturated rings. The molecule has 1 heterocycles. The van der Waals surface area contributed by atoms with Crippen LogP contribution in [0, 0.1) is 0 Å². The van der Waals surface area contributed by atoms with Gasteiger partial charge in [0.1, 0.15) is 12.0 Å². The maximum atomic E-state index is 12.3. The summed E-state index contributed by atoms with van der Waals surface area (Å²) in [4.78, 5) is 10.0. The van der Waals surface area contributed by atoms with Crippen LogP contribution in [0.4, 0.5) is 13.2 Å². The molecule has 0 aliphatic carbocycles. The van der Waals surface area contributed by atoms with Crippen LogP contribution in [-0.4, -0.2) is 55.2 Å². The quantitative estimate of drug-likeness (QED) is 0.323. The van der Waals surface area contributed by atoms with Crippen LogP contribution in [0.5, 0.6) is 0 Å². The molecule has 0 aliphatic heterocycles. The van der Waals surface area contributed by atoms with Crippen LogP contribution in [0.25, 0.3) is 11.5 Å². The predicted octanol–water partition coefficient (Wildman–Crippen LogP) is 3.51. The van der Waals surface area contributed by atoms with Crippen LogP contribution >= 0.6 is 24.0 Å². The zero-order valence-electron chi connectivity index (χ0n) is 15.8. The van der Waals surface area contributed by atoms with Gasteiger partial charge < -0.3 is 15.1 Å². The number of aliphatic imine (C=N–C) groups is 1. The zero-order valence-corrected chi connectivity index (χ0v) is 18.1. The Kier molecular flexibility index (Phi) is 10.3. The molecule has 2 N–H and O–H groups in total. The molecule has 2 aromatic rings. The first-order valence-electron chi connectivity index (χ1n) is 8.64. The molecule has 6 nitrogen and oxygen atoms in total. The number of rotatable bonds is 8. The fourth-order valence-electron chi connectivity index (χ4n) is 2.34. The summed E-state index contributed by atoms with van der Waals surface area (Å²) in [5, 5.41) is 6.07. The molecular formula is C18H25F3IN5O. The third-order valence-corrected chi connectivity index (χ3v) is 3.55. The van der Waals surface area contributed by atoms with E-state index in [1.54, 1.807) is 6.26 Å². The topological polar surface area (TPSA) is 65.7 Å². The van der Waals surface area contributed by atoms with Crippen molar-refractivity contribution >= 4 is 29.9 Å². The van der Waals surface area contributed by atoms with Crippen molar-refractivity contribution in [3.8, 4) is 11.5 Å². The number of oxazole rings is 1. The summed E-state index contributed by atoms with van der Waals surface area (Å²) >= 11 is 0. The van der Waals surface area contributed by atoms with E-state index in [1.807, 2.05) is 37.3 Å². The van der Waals surface area contributed by atoms with Gasteiger partial charge in [0.05, 0.1) is 13.1 Å². The van der Waals surface area contributed by atoms with E-state index in [1.165, 1.54) is 11.9 Å². The summed E-state index contributed by atoms with van der Waals surface area (Å²) < 4.78 is 42.5. The molecular weight excluding hydrogens is 486 g/mol. The van der Waals surface area contributed by atoms with Crippen LogP contribution in [0.2, 0.25) is 0 Å². The summed E-state index contributed by atoms with van der Waals surface area (Å²) in [6.07, 6.45) is -2.65. The Balaban J connectivity index is 0.00000392. The van der Waals surface area contributed by atoms with E-state index in [9.17, 15) is 13.2 Å². The lowest BCUT2D eigenvalue weighted by molar-refractivity contribution is -0.142. The Labute approximate surface area is 179 Å². The average molecular weight is 511 g/mol. The molecule has 10 heteroatoms. The van der Waals surface area contributed by atoms with Gasteiger partial charge in [0.2, 0.25) is 5.89 Å². The molecule has 0 spiro atoms. The van der Waals surface area contributed by atoms with Gasteiger partial charge in [-0.25, -0.2) is 9.98 Å². The first-order valence-corrected chi connectivity index (χ1v) is 8.64. The molecule has 0 bridgehead atoms. The molecule has 0 saturated carbocycles. The van der Waals surface area contributed by atoms with E-state index >= 15 is 0 Å². The number of aromatic nitrogens is 1. The van der Waals surface area contributed by atoms with Gasteiger partial charge in [-0.15, -0.1) is 24.0 Å². The third kappa shape index (κ3) is 8.91. The number of hydrogen-bond acceptors (Lipinski definition) is 4. The molecule has 0 unspecified atom stereocenters. The smallest absolute Gasteiger partial charge is 0.401 e. The summed E-state index contributed by atoms with van der Waals surface area (Å²) in [6.45, 7) is 2.49. The molecule has 156 valence electrons. The Morgan fingerprint density at radius 1 is 1.21 bits per heavy atom. The number of guanidine groups is 1. The summed E-state index contributed by atoms with van der Waals surface area (Å²) in [6, 6.07) is 9.53. The predicted molar refractivity (Wildman–Crippen MR) is 114 cm³/mol. The highest BCUT2D eigenvalue weighted by Crippen LogP contribution is 2.18. The normalized spacial score (nSPS) is 12.0. The van der Waals surface area contributed by atoms with Gasteiger partial charge in [0.25, 0.3) is 0 Å². The number of benzene rings is 1. The van der Waals surface area contributed by atoms with Crippen molar-refractivity contribution in [1.29, 1.82) is 0 Å². The molecule has 0 atom stereocenters. The summed E-state index contributed by atoms with van der Waals surface area (Å²) in [5.74, 6) is 1.04. The number of alkyl halides is 3. The lowest BCUT2D eigenvalue weighted by Gasteiger charge is -2.19. The Hall–Kier alpha value is -1.82. The first kappa shape index (κ1) is 24.2. The number of likely N-dealkylation sites (N-methyl/N-ethyl adjacent to an activating group) is 1. The maximum Gasteiger partial charge on any atom is 0.401 e. The van der Waals surface area contributed by atoms with Crippen LogP contribution in [0.1, 0.15) is 12.6 Å². The van der Waals surface area contributed by atoms with Crippen molar-refractivity contribution < 1.29 is 17.6 Å². The van der Waals surface area contributed by atoms with E-state index in [0.717, 1.165) is 5.56 Å². The second-order valence-corrected chi connectivity index (χ2v) is 5.98. The lowest BCUT2D eigenvalue weighted by atomic mass is 10.2. The molecule has 0 radical (unpaired) electrons. The summed E-state index contributed by atoms with van der Waals surface area (Å²) in [5.41, 5.74) is 1.55. The van der Waals surface area contributed by atoms with Gasteiger partial charge in [-0.3, -0.25) is 4.90 Å². The summed E-state index contributed by atoms with van der Waals surface area (Å²) in [7, 11) is 1.43. The molecule has 2 rings (SSSR count). The first-order chi connectivity index (χ1) is 12.9.